The number of nitrogens with zero attached hydrogens (tertiary/aromatic N) is 3. The number of aromatic nitrogens is 2. The Hall–Kier alpha value is -7.67. The van der Waals surface area contributed by atoms with E-state index in [4.69, 9.17) is 16.5 Å². The molecule has 0 saturated carbocycles. The fourth-order valence-corrected chi connectivity index (χ4v) is 8.51. The lowest BCUT2D eigenvalue weighted by molar-refractivity contribution is 0.769. The molecule has 0 atom stereocenters. The van der Waals surface area contributed by atoms with Gasteiger partial charge in [-0.05, 0) is 73.8 Å². The summed E-state index contributed by atoms with van der Waals surface area (Å²) in [6.07, 6.45) is 0. The summed E-state index contributed by atoms with van der Waals surface area (Å²) < 4.78 is 0. The van der Waals surface area contributed by atoms with Crippen LogP contribution in [0, 0.1) is 6.57 Å². The standard InChI is InChI=1S/C54H35N3/c1-55-46-30-31-47-48-34-42(29-32-49(48)54(50(47)35-46,44-21-10-4-11-22-44)45-23-12-5-13-24-45)38-25-27-40(28-26-38)52-36-51(39-17-8-3-9-18-39)56-53(57-52)43-20-14-19-41(33-43)37-15-6-2-7-16-37/h2-36H. The molecule has 9 aromatic rings. The van der Waals surface area contributed by atoms with Crippen molar-refractivity contribution in [3.05, 3.63) is 246 Å². The first-order valence-corrected chi connectivity index (χ1v) is 19.2. The summed E-state index contributed by atoms with van der Waals surface area (Å²) in [5.41, 5.74) is 16.4. The first-order chi connectivity index (χ1) is 28.2. The lowest BCUT2D eigenvalue weighted by Crippen LogP contribution is -2.28. The van der Waals surface area contributed by atoms with Gasteiger partial charge < -0.3 is 0 Å². The molecule has 0 fully saturated rings. The van der Waals surface area contributed by atoms with Crippen LogP contribution in [0.5, 0.6) is 0 Å². The Morgan fingerprint density at radius 1 is 0.351 bits per heavy atom. The van der Waals surface area contributed by atoms with E-state index in [1.54, 1.807) is 0 Å². The van der Waals surface area contributed by atoms with Gasteiger partial charge in [-0.2, -0.15) is 0 Å². The molecule has 8 aromatic carbocycles. The van der Waals surface area contributed by atoms with Crippen LogP contribution in [0.3, 0.4) is 0 Å². The van der Waals surface area contributed by atoms with E-state index in [1.807, 2.05) is 30.3 Å². The molecule has 1 aliphatic rings. The summed E-state index contributed by atoms with van der Waals surface area (Å²) in [4.78, 5) is 14.1. The predicted octanol–water partition coefficient (Wildman–Crippen LogP) is 13.7. The second-order valence-corrected chi connectivity index (χ2v) is 14.4. The molecular formula is C54H35N3. The number of hydrogen-bond donors (Lipinski definition) is 0. The van der Waals surface area contributed by atoms with Crippen LogP contribution in [-0.2, 0) is 5.41 Å². The van der Waals surface area contributed by atoms with Crippen molar-refractivity contribution in [3.8, 4) is 67.3 Å². The summed E-state index contributed by atoms with van der Waals surface area (Å²) in [6, 6.07) is 74.4. The highest BCUT2D eigenvalue weighted by Gasteiger charge is 2.46. The van der Waals surface area contributed by atoms with Crippen molar-refractivity contribution in [3.63, 3.8) is 0 Å². The number of hydrogen-bond acceptors (Lipinski definition) is 2. The van der Waals surface area contributed by atoms with Crippen LogP contribution in [0.25, 0.3) is 72.1 Å². The quantitative estimate of drug-likeness (QED) is 0.153. The predicted molar refractivity (Wildman–Crippen MR) is 233 cm³/mol. The van der Waals surface area contributed by atoms with Gasteiger partial charge in [-0.3, -0.25) is 0 Å². The minimum absolute atomic E-state index is 0.557. The van der Waals surface area contributed by atoms with Gasteiger partial charge in [0.2, 0.25) is 0 Å². The second kappa shape index (κ2) is 14.2. The van der Waals surface area contributed by atoms with E-state index in [9.17, 15) is 0 Å². The Morgan fingerprint density at radius 2 is 0.842 bits per heavy atom. The molecule has 3 heteroatoms. The van der Waals surface area contributed by atoms with Crippen LogP contribution >= 0.6 is 0 Å². The smallest absolute Gasteiger partial charge is 0.187 e. The summed E-state index contributed by atoms with van der Waals surface area (Å²) in [7, 11) is 0. The zero-order chi connectivity index (χ0) is 38.2. The molecule has 0 bridgehead atoms. The maximum absolute atomic E-state index is 7.90. The van der Waals surface area contributed by atoms with Crippen molar-refractivity contribution < 1.29 is 0 Å². The average Bonchev–Trinajstić information content (AvgIpc) is 3.59. The highest BCUT2D eigenvalue weighted by atomic mass is 14.9. The Morgan fingerprint density at radius 3 is 1.47 bits per heavy atom. The van der Waals surface area contributed by atoms with Gasteiger partial charge in [0.15, 0.2) is 11.5 Å². The van der Waals surface area contributed by atoms with Crippen LogP contribution in [0.4, 0.5) is 5.69 Å². The van der Waals surface area contributed by atoms with Crippen LogP contribution in [0.1, 0.15) is 22.3 Å². The van der Waals surface area contributed by atoms with Gasteiger partial charge in [0.25, 0.3) is 0 Å². The molecule has 0 radical (unpaired) electrons. The van der Waals surface area contributed by atoms with E-state index < -0.39 is 5.41 Å². The normalized spacial score (nSPS) is 12.3. The summed E-state index contributed by atoms with van der Waals surface area (Å²) in [5, 5.41) is 0. The first-order valence-electron chi connectivity index (χ1n) is 19.2. The van der Waals surface area contributed by atoms with E-state index in [-0.39, 0.29) is 0 Å². The topological polar surface area (TPSA) is 30.1 Å². The molecule has 1 aromatic heterocycles. The van der Waals surface area contributed by atoms with Crippen LogP contribution in [-0.4, -0.2) is 9.97 Å². The number of rotatable bonds is 7. The van der Waals surface area contributed by atoms with Crippen molar-refractivity contribution in [1.82, 2.24) is 9.97 Å². The van der Waals surface area contributed by atoms with Gasteiger partial charge in [0.1, 0.15) is 0 Å². The van der Waals surface area contributed by atoms with Crippen molar-refractivity contribution in [2.45, 2.75) is 5.41 Å². The van der Waals surface area contributed by atoms with Gasteiger partial charge in [0.05, 0.1) is 23.4 Å². The SMILES string of the molecule is [C-]#[N+]c1ccc2c(c1)C(c1ccccc1)(c1ccccc1)c1ccc(-c3ccc(-c4cc(-c5ccccc5)nc(-c5cccc(-c6ccccc6)c5)n4)cc3)cc1-2. The van der Waals surface area contributed by atoms with Crippen molar-refractivity contribution >= 4 is 5.69 Å². The molecule has 3 nitrogen and oxygen atoms in total. The molecule has 1 aliphatic carbocycles. The third-order valence-electron chi connectivity index (χ3n) is 11.2. The molecule has 0 aliphatic heterocycles. The third kappa shape index (κ3) is 5.92. The Kier molecular flexibility index (Phi) is 8.43. The van der Waals surface area contributed by atoms with Crippen molar-refractivity contribution in [2.75, 3.05) is 0 Å². The van der Waals surface area contributed by atoms with E-state index in [0.717, 1.165) is 61.5 Å². The first kappa shape index (κ1) is 33.9. The van der Waals surface area contributed by atoms with E-state index in [0.29, 0.717) is 11.5 Å². The highest BCUT2D eigenvalue weighted by Crippen LogP contribution is 2.57. The second-order valence-electron chi connectivity index (χ2n) is 14.4. The zero-order valence-electron chi connectivity index (χ0n) is 31.0. The molecule has 0 spiro atoms. The van der Waals surface area contributed by atoms with Crippen LogP contribution in [0.15, 0.2) is 212 Å². The van der Waals surface area contributed by atoms with Gasteiger partial charge >= 0.3 is 0 Å². The van der Waals surface area contributed by atoms with E-state index in [1.165, 1.54) is 22.3 Å². The number of fused-ring (bicyclic) bond motifs is 3. The molecule has 0 N–H and O–H groups in total. The van der Waals surface area contributed by atoms with Crippen LogP contribution < -0.4 is 0 Å². The molecule has 1 heterocycles. The van der Waals surface area contributed by atoms with E-state index >= 15 is 0 Å². The fourth-order valence-electron chi connectivity index (χ4n) is 8.51. The highest BCUT2D eigenvalue weighted by molar-refractivity contribution is 5.90. The van der Waals surface area contributed by atoms with Crippen LogP contribution in [0.2, 0.25) is 0 Å². The summed E-state index contributed by atoms with van der Waals surface area (Å²) in [6.45, 7) is 7.90. The maximum Gasteiger partial charge on any atom is 0.187 e. The Labute approximate surface area is 333 Å². The molecule has 266 valence electrons. The van der Waals surface area contributed by atoms with Gasteiger partial charge in [-0.15, -0.1) is 0 Å². The number of benzene rings is 8. The fraction of sp³-hybridized carbons (Fsp3) is 0.0185. The van der Waals surface area contributed by atoms with Crippen molar-refractivity contribution in [2.24, 2.45) is 0 Å². The Balaban J connectivity index is 1.07. The zero-order valence-corrected chi connectivity index (χ0v) is 31.0. The summed E-state index contributed by atoms with van der Waals surface area (Å²) in [5.74, 6) is 0.687. The third-order valence-corrected chi connectivity index (χ3v) is 11.2. The summed E-state index contributed by atoms with van der Waals surface area (Å²) >= 11 is 0. The molecule has 10 rings (SSSR count). The average molecular weight is 726 g/mol. The minimum atomic E-state index is -0.557. The van der Waals surface area contributed by atoms with Crippen molar-refractivity contribution in [1.29, 1.82) is 0 Å². The van der Waals surface area contributed by atoms with E-state index in [2.05, 4.69) is 187 Å². The van der Waals surface area contributed by atoms with Gasteiger partial charge in [-0.25, -0.2) is 14.8 Å². The van der Waals surface area contributed by atoms with Gasteiger partial charge in [0, 0.05) is 16.7 Å². The lowest BCUT2D eigenvalue weighted by Gasteiger charge is -2.34. The largest absolute Gasteiger partial charge is 0.238 e. The molecule has 0 amide bonds. The Bertz CT molecular complexity index is 2890. The molecular weight excluding hydrogens is 691 g/mol. The molecule has 0 saturated heterocycles. The van der Waals surface area contributed by atoms with Gasteiger partial charge in [-0.1, -0.05) is 194 Å². The lowest BCUT2D eigenvalue weighted by atomic mass is 9.67. The minimum Gasteiger partial charge on any atom is -0.238 e. The molecule has 0 unspecified atom stereocenters. The molecule has 57 heavy (non-hydrogen) atoms. The monoisotopic (exact) mass is 725 g/mol. The maximum atomic E-state index is 7.90.